The van der Waals surface area contributed by atoms with Gasteiger partial charge >= 0.3 is 5.97 Å². The van der Waals surface area contributed by atoms with E-state index in [4.69, 9.17) is 4.74 Å². The molecule has 0 saturated carbocycles. The molecule has 0 spiro atoms. The smallest absolute Gasteiger partial charge is 0.308 e. The third-order valence-electron chi connectivity index (χ3n) is 2.74. The average Bonchev–Trinajstić information content (AvgIpc) is 2.37. The van der Waals surface area contributed by atoms with E-state index < -0.39 is 23.8 Å². The first-order valence-corrected chi connectivity index (χ1v) is 5.59. The quantitative estimate of drug-likeness (QED) is 0.819. The molecule has 0 aromatic heterocycles. The van der Waals surface area contributed by atoms with Crippen LogP contribution in [0.15, 0.2) is 18.2 Å². The molecule has 0 radical (unpaired) electrons. The molecule has 1 rings (SSSR count). The molecule has 5 heteroatoms. The predicted octanol–water partition coefficient (Wildman–Crippen LogP) is 2.07. The monoisotopic (exact) mass is 256 g/mol. The number of rotatable bonds is 5. The van der Waals surface area contributed by atoms with Gasteiger partial charge in [-0.1, -0.05) is 13.0 Å². The predicted molar refractivity (Wildman–Crippen MR) is 63.7 cm³/mol. The van der Waals surface area contributed by atoms with Crippen molar-refractivity contribution in [2.75, 3.05) is 14.2 Å². The Morgan fingerprint density at radius 1 is 1.44 bits per heavy atom. The van der Waals surface area contributed by atoms with Crippen LogP contribution in [0.2, 0.25) is 0 Å². The van der Waals surface area contributed by atoms with E-state index in [9.17, 15) is 14.3 Å². The van der Waals surface area contributed by atoms with E-state index in [1.54, 1.807) is 13.0 Å². The van der Waals surface area contributed by atoms with E-state index >= 15 is 0 Å². The zero-order chi connectivity index (χ0) is 13.7. The largest absolute Gasteiger partial charge is 0.494 e. The van der Waals surface area contributed by atoms with Gasteiger partial charge in [0.1, 0.15) is 0 Å². The summed E-state index contributed by atoms with van der Waals surface area (Å²) in [5, 5.41) is 9.91. The number of hydrogen-bond acceptors (Lipinski definition) is 4. The van der Waals surface area contributed by atoms with Crippen LogP contribution in [0.3, 0.4) is 0 Å². The standard InChI is InChI=1S/C13H17FO4/c1-8(13(16)18-3)6-11(15)9-4-5-12(17-2)10(14)7-9/h4-5,7-8,11,15H,6H2,1-3H3. The second kappa shape index (κ2) is 6.35. The maximum atomic E-state index is 13.4. The third kappa shape index (κ3) is 3.43. The van der Waals surface area contributed by atoms with Gasteiger partial charge in [-0.05, 0) is 24.1 Å². The molecule has 2 atom stereocenters. The molecule has 18 heavy (non-hydrogen) atoms. The fourth-order valence-corrected chi connectivity index (χ4v) is 1.66. The summed E-state index contributed by atoms with van der Waals surface area (Å²) in [6.45, 7) is 1.65. The highest BCUT2D eigenvalue weighted by Crippen LogP contribution is 2.26. The minimum Gasteiger partial charge on any atom is -0.494 e. The Bertz CT molecular complexity index is 419. The lowest BCUT2D eigenvalue weighted by atomic mass is 9.98. The maximum Gasteiger partial charge on any atom is 0.308 e. The lowest BCUT2D eigenvalue weighted by Crippen LogP contribution is -2.16. The highest BCUT2D eigenvalue weighted by atomic mass is 19.1. The normalized spacial score (nSPS) is 13.8. The minimum absolute atomic E-state index is 0.118. The second-order valence-electron chi connectivity index (χ2n) is 4.07. The summed E-state index contributed by atoms with van der Waals surface area (Å²) < 4.78 is 22.8. The number of esters is 1. The van der Waals surface area contributed by atoms with E-state index in [0.29, 0.717) is 5.56 Å². The Morgan fingerprint density at radius 3 is 2.61 bits per heavy atom. The molecule has 1 aromatic rings. The highest BCUT2D eigenvalue weighted by Gasteiger charge is 2.19. The van der Waals surface area contributed by atoms with Crippen LogP contribution < -0.4 is 4.74 Å². The van der Waals surface area contributed by atoms with Crippen LogP contribution >= 0.6 is 0 Å². The van der Waals surface area contributed by atoms with E-state index in [-0.39, 0.29) is 12.2 Å². The fourth-order valence-electron chi connectivity index (χ4n) is 1.66. The highest BCUT2D eigenvalue weighted by molar-refractivity contribution is 5.71. The van der Waals surface area contributed by atoms with Gasteiger partial charge in [0.25, 0.3) is 0 Å². The molecular weight excluding hydrogens is 239 g/mol. The third-order valence-corrected chi connectivity index (χ3v) is 2.74. The van der Waals surface area contributed by atoms with E-state index in [1.165, 1.54) is 26.4 Å². The molecule has 100 valence electrons. The van der Waals surface area contributed by atoms with Gasteiger partial charge in [-0.3, -0.25) is 4.79 Å². The number of methoxy groups -OCH3 is 2. The molecule has 4 nitrogen and oxygen atoms in total. The van der Waals surface area contributed by atoms with E-state index in [2.05, 4.69) is 4.74 Å². The Hall–Kier alpha value is -1.62. The van der Waals surface area contributed by atoms with Gasteiger partial charge in [-0.2, -0.15) is 0 Å². The minimum atomic E-state index is -0.917. The number of aliphatic hydroxyl groups is 1. The van der Waals surface area contributed by atoms with Crippen molar-refractivity contribution in [3.63, 3.8) is 0 Å². The molecule has 1 N–H and O–H groups in total. The summed E-state index contributed by atoms with van der Waals surface area (Å²) in [6, 6.07) is 4.21. The first-order valence-electron chi connectivity index (χ1n) is 5.59. The molecule has 1 aromatic carbocycles. The fraction of sp³-hybridized carbons (Fsp3) is 0.462. The molecule has 0 amide bonds. The number of hydrogen-bond donors (Lipinski definition) is 1. The zero-order valence-corrected chi connectivity index (χ0v) is 10.6. The van der Waals surface area contributed by atoms with Gasteiger partial charge in [0, 0.05) is 0 Å². The lowest BCUT2D eigenvalue weighted by Gasteiger charge is -2.15. The number of carbonyl (C=O) groups excluding carboxylic acids is 1. The van der Waals surface area contributed by atoms with E-state index in [1.807, 2.05) is 0 Å². The van der Waals surface area contributed by atoms with Gasteiger partial charge in [0.2, 0.25) is 0 Å². The molecule has 0 aliphatic rings. The van der Waals surface area contributed by atoms with Crippen molar-refractivity contribution in [3.05, 3.63) is 29.6 Å². The Kier molecular flexibility index (Phi) is 5.09. The summed E-state index contributed by atoms with van der Waals surface area (Å²) in [5.41, 5.74) is 0.407. The molecule has 2 unspecified atom stereocenters. The first kappa shape index (κ1) is 14.4. The second-order valence-corrected chi connectivity index (χ2v) is 4.07. The van der Waals surface area contributed by atoms with Gasteiger partial charge in [-0.15, -0.1) is 0 Å². The molecule has 0 bridgehead atoms. The SMILES string of the molecule is COC(=O)C(C)CC(O)c1ccc(OC)c(F)c1. The van der Waals surface area contributed by atoms with Crippen LogP contribution in [0.25, 0.3) is 0 Å². The van der Waals surface area contributed by atoms with Crippen molar-refractivity contribution >= 4 is 5.97 Å². The van der Waals surface area contributed by atoms with Crippen LogP contribution in [0.5, 0.6) is 5.75 Å². The van der Waals surface area contributed by atoms with Crippen LogP contribution in [0, 0.1) is 11.7 Å². The summed E-state index contributed by atoms with van der Waals surface area (Å²) in [7, 11) is 2.66. The lowest BCUT2D eigenvalue weighted by molar-refractivity contribution is -0.145. The summed E-state index contributed by atoms with van der Waals surface area (Å²) in [5.74, 6) is -1.27. The molecule has 0 heterocycles. The van der Waals surface area contributed by atoms with Gasteiger partial charge in [0.15, 0.2) is 11.6 Å². The zero-order valence-electron chi connectivity index (χ0n) is 10.6. The summed E-state index contributed by atoms with van der Waals surface area (Å²) >= 11 is 0. The summed E-state index contributed by atoms with van der Waals surface area (Å²) in [6.07, 6.45) is -0.738. The number of ether oxygens (including phenoxy) is 2. The topological polar surface area (TPSA) is 55.8 Å². The van der Waals surface area contributed by atoms with Crippen molar-refractivity contribution in [2.45, 2.75) is 19.4 Å². The number of benzene rings is 1. The van der Waals surface area contributed by atoms with E-state index in [0.717, 1.165) is 0 Å². The number of halogens is 1. The Labute approximate surface area is 105 Å². The molecule has 0 aliphatic carbocycles. The molecule has 0 fully saturated rings. The summed E-state index contributed by atoms with van der Waals surface area (Å²) in [4.78, 5) is 11.2. The van der Waals surface area contributed by atoms with Crippen molar-refractivity contribution in [1.82, 2.24) is 0 Å². The maximum absolute atomic E-state index is 13.4. The Balaban J connectivity index is 2.75. The molecule has 0 aliphatic heterocycles. The van der Waals surface area contributed by atoms with Crippen molar-refractivity contribution in [3.8, 4) is 5.75 Å². The van der Waals surface area contributed by atoms with Gasteiger partial charge in [-0.25, -0.2) is 4.39 Å². The molecular formula is C13H17FO4. The first-order chi connectivity index (χ1) is 8.49. The van der Waals surface area contributed by atoms with Crippen molar-refractivity contribution < 1.29 is 23.8 Å². The van der Waals surface area contributed by atoms with Crippen LogP contribution in [0.1, 0.15) is 25.0 Å². The van der Waals surface area contributed by atoms with Crippen LogP contribution in [-0.2, 0) is 9.53 Å². The van der Waals surface area contributed by atoms with Gasteiger partial charge in [0.05, 0.1) is 26.2 Å². The average molecular weight is 256 g/mol. The number of aliphatic hydroxyl groups excluding tert-OH is 1. The van der Waals surface area contributed by atoms with Crippen LogP contribution in [0.4, 0.5) is 4.39 Å². The van der Waals surface area contributed by atoms with Crippen molar-refractivity contribution in [1.29, 1.82) is 0 Å². The van der Waals surface area contributed by atoms with Crippen LogP contribution in [-0.4, -0.2) is 25.3 Å². The number of carbonyl (C=O) groups is 1. The van der Waals surface area contributed by atoms with Gasteiger partial charge < -0.3 is 14.6 Å². The Morgan fingerprint density at radius 2 is 2.11 bits per heavy atom. The van der Waals surface area contributed by atoms with Crippen molar-refractivity contribution in [2.24, 2.45) is 5.92 Å². The molecule has 0 saturated heterocycles.